The highest BCUT2D eigenvalue weighted by molar-refractivity contribution is 7.22. The number of hydrogen-bond acceptors (Lipinski definition) is 3. The van der Waals surface area contributed by atoms with Crippen LogP contribution in [0.3, 0.4) is 0 Å². The summed E-state index contributed by atoms with van der Waals surface area (Å²) in [5.74, 6) is -1.73. The molecular weight excluding hydrogens is 306 g/mol. The molecule has 2 aromatic carbocycles. The Morgan fingerprint density at radius 3 is 2.45 bits per heavy atom. The molecule has 0 spiro atoms. The van der Waals surface area contributed by atoms with Crippen LogP contribution < -0.4 is 5.32 Å². The normalized spacial score (nSPS) is 10.9. The maximum absolute atomic E-state index is 13.6. The van der Waals surface area contributed by atoms with Crippen LogP contribution in [0.25, 0.3) is 10.2 Å². The molecule has 0 saturated carbocycles. The highest BCUT2D eigenvalue weighted by Gasteiger charge is 2.13. The number of carbonyl (C=O) groups is 1. The smallest absolute Gasteiger partial charge is 0.257 e. The number of aromatic nitrogens is 1. The SMILES string of the molecule is Cc1cc(C)cc(C(=O)Nc2nc3c(F)cc(F)cc3s2)c1. The van der Waals surface area contributed by atoms with Gasteiger partial charge in [-0.2, -0.15) is 0 Å². The number of aryl methyl sites for hydroxylation is 2. The standard InChI is InChI=1S/C16H12F2N2OS/c1-8-3-9(2)5-10(4-8)15(21)20-16-19-14-12(18)6-11(17)7-13(14)22-16/h3-7H,1-2H3,(H,19,20,21). The lowest BCUT2D eigenvalue weighted by Crippen LogP contribution is -2.12. The van der Waals surface area contributed by atoms with E-state index in [0.717, 1.165) is 28.5 Å². The number of fused-ring (bicyclic) bond motifs is 1. The molecule has 112 valence electrons. The minimum absolute atomic E-state index is 0.0575. The number of benzene rings is 2. The average molecular weight is 318 g/mol. The highest BCUT2D eigenvalue weighted by atomic mass is 32.1. The van der Waals surface area contributed by atoms with Gasteiger partial charge in [-0.05, 0) is 32.0 Å². The van der Waals surface area contributed by atoms with E-state index in [-0.39, 0.29) is 16.6 Å². The summed E-state index contributed by atoms with van der Waals surface area (Å²) in [5, 5.41) is 2.87. The van der Waals surface area contributed by atoms with Crippen LogP contribution in [0.4, 0.5) is 13.9 Å². The number of carbonyl (C=O) groups excluding carboxylic acids is 1. The van der Waals surface area contributed by atoms with E-state index in [1.54, 1.807) is 12.1 Å². The van der Waals surface area contributed by atoms with Gasteiger partial charge in [0.25, 0.3) is 5.91 Å². The molecule has 0 aliphatic heterocycles. The number of nitrogens with one attached hydrogen (secondary N) is 1. The van der Waals surface area contributed by atoms with E-state index >= 15 is 0 Å². The number of nitrogens with zero attached hydrogens (tertiary/aromatic N) is 1. The Morgan fingerprint density at radius 1 is 1.09 bits per heavy atom. The zero-order chi connectivity index (χ0) is 15.9. The van der Waals surface area contributed by atoms with Crippen molar-refractivity contribution in [2.75, 3.05) is 5.32 Å². The first-order valence-electron chi connectivity index (χ1n) is 6.57. The first-order valence-corrected chi connectivity index (χ1v) is 7.39. The topological polar surface area (TPSA) is 42.0 Å². The summed E-state index contributed by atoms with van der Waals surface area (Å²) < 4.78 is 27.1. The van der Waals surface area contributed by atoms with Crippen molar-refractivity contribution in [2.24, 2.45) is 0 Å². The van der Waals surface area contributed by atoms with Crippen LogP contribution in [0.5, 0.6) is 0 Å². The van der Waals surface area contributed by atoms with Crippen molar-refractivity contribution in [1.82, 2.24) is 4.98 Å². The zero-order valence-electron chi connectivity index (χ0n) is 11.9. The Balaban J connectivity index is 1.92. The second-order valence-electron chi connectivity index (χ2n) is 5.08. The van der Waals surface area contributed by atoms with Crippen molar-refractivity contribution in [3.8, 4) is 0 Å². The van der Waals surface area contributed by atoms with Gasteiger partial charge in [0, 0.05) is 11.6 Å². The summed E-state index contributed by atoms with van der Waals surface area (Å²) in [5.41, 5.74) is 2.51. The van der Waals surface area contributed by atoms with E-state index in [4.69, 9.17) is 0 Å². The van der Waals surface area contributed by atoms with Crippen molar-refractivity contribution in [3.05, 3.63) is 58.7 Å². The van der Waals surface area contributed by atoms with Crippen molar-refractivity contribution < 1.29 is 13.6 Å². The van der Waals surface area contributed by atoms with E-state index in [0.29, 0.717) is 10.3 Å². The number of amides is 1. The van der Waals surface area contributed by atoms with Crippen LogP contribution in [0.1, 0.15) is 21.5 Å². The molecule has 0 bridgehead atoms. The first-order chi connectivity index (χ1) is 10.4. The monoisotopic (exact) mass is 318 g/mol. The minimum Gasteiger partial charge on any atom is -0.298 e. The molecule has 1 amide bonds. The second kappa shape index (κ2) is 5.46. The van der Waals surface area contributed by atoms with Crippen LogP contribution >= 0.6 is 11.3 Å². The summed E-state index contributed by atoms with van der Waals surface area (Å²) in [7, 11) is 0. The molecule has 3 aromatic rings. The molecule has 0 unspecified atom stereocenters. The quantitative estimate of drug-likeness (QED) is 0.759. The maximum Gasteiger partial charge on any atom is 0.257 e. The number of thiazole rings is 1. The molecule has 1 heterocycles. The van der Waals surface area contributed by atoms with Gasteiger partial charge in [0.15, 0.2) is 10.9 Å². The van der Waals surface area contributed by atoms with Gasteiger partial charge in [0.2, 0.25) is 0 Å². The van der Waals surface area contributed by atoms with Gasteiger partial charge in [-0.25, -0.2) is 13.8 Å². The largest absolute Gasteiger partial charge is 0.298 e. The van der Waals surface area contributed by atoms with Crippen molar-refractivity contribution >= 4 is 32.6 Å². The summed E-state index contributed by atoms with van der Waals surface area (Å²) in [6.07, 6.45) is 0. The summed E-state index contributed by atoms with van der Waals surface area (Å²) >= 11 is 1.03. The Hall–Kier alpha value is -2.34. The molecule has 1 aromatic heterocycles. The lowest BCUT2D eigenvalue weighted by atomic mass is 10.1. The summed E-state index contributed by atoms with van der Waals surface area (Å²) in [4.78, 5) is 16.2. The zero-order valence-corrected chi connectivity index (χ0v) is 12.7. The number of rotatable bonds is 2. The van der Waals surface area contributed by atoms with Crippen molar-refractivity contribution in [3.63, 3.8) is 0 Å². The van der Waals surface area contributed by atoms with Gasteiger partial charge >= 0.3 is 0 Å². The van der Waals surface area contributed by atoms with Gasteiger partial charge in [-0.15, -0.1) is 0 Å². The molecule has 0 fully saturated rings. The van der Waals surface area contributed by atoms with E-state index < -0.39 is 11.6 Å². The van der Waals surface area contributed by atoms with Crippen molar-refractivity contribution in [2.45, 2.75) is 13.8 Å². The van der Waals surface area contributed by atoms with Crippen LogP contribution in [0, 0.1) is 25.5 Å². The van der Waals surface area contributed by atoms with Gasteiger partial charge in [-0.1, -0.05) is 28.5 Å². The summed E-state index contributed by atoms with van der Waals surface area (Å²) in [6, 6.07) is 7.46. The Morgan fingerprint density at radius 2 is 1.77 bits per heavy atom. The fourth-order valence-corrected chi connectivity index (χ4v) is 3.19. The Kier molecular flexibility index (Phi) is 3.62. The molecule has 0 aliphatic carbocycles. The van der Waals surface area contributed by atoms with E-state index in [1.807, 2.05) is 19.9 Å². The third kappa shape index (κ3) is 2.82. The average Bonchev–Trinajstić information content (AvgIpc) is 2.80. The Bertz CT molecular complexity index is 869. The van der Waals surface area contributed by atoms with Gasteiger partial charge in [-0.3, -0.25) is 10.1 Å². The lowest BCUT2D eigenvalue weighted by molar-refractivity contribution is 0.102. The molecule has 3 rings (SSSR count). The van der Waals surface area contributed by atoms with Gasteiger partial charge in [0.05, 0.1) is 4.70 Å². The van der Waals surface area contributed by atoms with E-state index in [2.05, 4.69) is 10.3 Å². The number of anilines is 1. The molecule has 0 atom stereocenters. The lowest BCUT2D eigenvalue weighted by Gasteiger charge is -2.04. The molecule has 3 nitrogen and oxygen atoms in total. The third-order valence-electron chi connectivity index (χ3n) is 3.12. The van der Waals surface area contributed by atoms with Gasteiger partial charge < -0.3 is 0 Å². The number of halogens is 2. The van der Waals surface area contributed by atoms with E-state index in [9.17, 15) is 13.6 Å². The van der Waals surface area contributed by atoms with Crippen LogP contribution in [-0.4, -0.2) is 10.9 Å². The van der Waals surface area contributed by atoms with Gasteiger partial charge in [0.1, 0.15) is 11.3 Å². The fraction of sp³-hybridized carbons (Fsp3) is 0.125. The third-order valence-corrected chi connectivity index (χ3v) is 4.04. The fourth-order valence-electron chi connectivity index (χ4n) is 2.29. The molecule has 22 heavy (non-hydrogen) atoms. The maximum atomic E-state index is 13.6. The molecule has 0 saturated heterocycles. The number of hydrogen-bond donors (Lipinski definition) is 1. The molecular formula is C16H12F2N2OS. The second-order valence-corrected chi connectivity index (χ2v) is 6.11. The van der Waals surface area contributed by atoms with E-state index in [1.165, 1.54) is 6.07 Å². The van der Waals surface area contributed by atoms with Crippen LogP contribution in [0.2, 0.25) is 0 Å². The molecule has 6 heteroatoms. The Labute approximate surface area is 129 Å². The predicted octanol–water partition coefficient (Wildman–Crippen LogP) is 4.44. The first kappa shape index (κ1) is 14.6. The predicted molar refractivity (Wildman–Crippen MR) is 83.4 cm³/mol. The molecule has 1 N–H and O–H groups in total. The van der Waals surface area contributed by atoms with Crippen molar-refractivity contribution in [1.29, 1.82) is 0 Å². The molecule has 0 radical (unpaired) electrons. The van der Waals surface area contributed by atoms with Crippen LogP contribution in [0.15, 0.2) is 30.3 Å². The minimum atomic E-state index is -0.738. The highest BCUT2D eigenvalue weighted by Crippen LogP contribution is 2.29. The van der Waals surface area contributed by atoms with Crippen LogP contribution in [-0.2, 0) is 0 Å². The molecule has 0 aliphatic rings. The summed E-state index contributed by atoms with van der Waals surface area (Å²) in [6.45, 7) is 3.80.